The molecule has 0 atom stereocenters. The Hall–Kier alpha value is -1.38. The summed E-state index contributed by atoms with van der Waals surface area (Å²) < 4.78 is 0. The van der Waals surface area contributed by atoms with Gasteiger partial charge >= 0.3 is 0 Å². The summed E-state index contributed by atoms with van der Waals surface area (Å²) in [6, 6.07) is 0. The van der Waals surface area contributed by atoms with Crippen LogP contribution in [0.1, 0.15) is 30.7 Å². The summed E-state index contributed by atoms with van der Waals surface area (Å²) in [6.45, 7) is 7.52. The lowest BCUT2D eigenvalue weighted by atomic mass is 10.1. The predicted octanol–water partition coefficient (Wildman–Crippen LogP) is 2.22. The topological polar surface area (TPSA) is 42.0 Å². The number of hydrogen-bond donors (Lipinski definition) is 1. The number of rotatable bonds is 2. The summed E-state index contributed by atoms with van der Waals surface area (Å²) in [6.07, 6.45) is 2.69. The molecule has 0 spiro atoms. The molecule has 0 bridgehead atoms. The van der Waals surface area contributed by atoms with E-state index in [4.69, 9.17) is 0 Å². The lowest BCUT2D eigenvalue weighted by Gasteiger charge is -2.12. The summed E-state index contributed by atoms with van der Waals surface area (Å²) in [5, 5.41) is 2.84. The van der Waals surface area contributed by atoms with Crippen LogP contribution in [0.2, 0.25) is 0 Å². The van der Waals surface area contributed by atoms with Gasteiger partial charge in [-0.2, -0.15) is 0 Å². The fraction of sp³-hybridized carbons (Fsp3) is 0.455. The van der Waals surface area contributed by atoms with Crippen LogP contribution < -0.4 is 5.32 Å². The van der Waals surface area contributed by atoms with Crippen molar-refractivity contribution in [1.82, 2.24) is 4.98 Å². The van der Waals surface area contributed by atoms with Gasteiger partial charge in [0.15, 0.2) is 0 Å². The molecule has 0 saturated carbocycles. The van der Waals surface area contributed by atoms with Crippen LogP contribution >= 0.6 is 0 Å². The average molecular weight is 192 g/mol. The molecule has 0 saturated heterocycles. The van der Waals surface area contributed by atoms with Crippen molar-refractivity contribution >= 4 is 11.6 Å². The van der Waals surface area contributed by atoms with Crippen LogP contribution in [0.3, 0.4) is 0 Å². The molecule has 76 valence electrons. The van der Waals surface area contributed by atoms with Crippen LogP contribution in [0.4, 0.5) is 5.69 Å². The normalized spacial score (nSPS) is 10.0. The molecule has 1 amide bonds. The number of carbonyl (C=O) groups excluding carboxylic acids is 1. The number of aryl methyl sites for hydroxylation is 2. The Bertz CT molecular complexity index is 359. The van der Waals surface area contributed by atoms with Crippen LogP contribution in [0, 0.1) is 13.8 Å². The molecular formula is C11H16N2O. The van der Waals surface area contributed by atoms with E-state index in [1.807, 2.05) is 13.8 Å². The molecule has 14 heavy (non-hydrogen) atoms. The molecular weight excluding hydrogens is 176 g/mol. The second-order valence-electron chi connectivity index (χ2n) is 3.42. The molecule has 0 aliphatic rings. The SMILES string of the molecule is CCc1ncc(C)c(NC(C)=O)c1C. The standard InChI is InChI=1S/C11H16N2O/c1-5-10-8(3)11(13-9(4)14)7(2)6-12-10/h6H,5H2,1-4H3,(H,12,13,14). The van der Waals surface area contributed by atoms with Crippen molar-refractivity contribution in [1.29, 1.82) is 0 Å². The monoisotopic (exact) mass is 192 g/mol. The number of amides is 1. The number of anilines is 1. The Labute approximate surface area is 84.6 Å². The van der Waals surface area contributed by atoms with E-state index < -0.39 is 0 Å². The number of aromatic nitrogens is 1. The third-order valence-electron chi connectivity index (χ3n) is 2.25. The second-order valence-corrected chi connectivity index (χ2v) is 3.42. The van der Waals surface area contributed by atoms with Gasteiger partial charge in [-0.3, -0.25) is 9.78 Å². The Kier molecular flexibility index (Phi) is 3.23. The number of nitrogens with one attached hydrogen (secondary N) is 1. The van der Waals surface area contributed by atoms with Crippen LogP contribution in [0.25, 0.3) is 0 Å². The average Bonchev–Trinajstić information content (AvgIpc) is 2.12. The molecule has 0 aliphatic carbocycles. The van der Waals surface area contributed by atoms with Gasteiger partial charge in [0.2, 0.25) is 5.91 Å². The van der Waals surface area contributed by atoms with Crippen LogP contribution in [0.15, 0.2) is 6.20 Å². The minimum absolute atomic E-state index is 0.0375. The summed E-state index contributed by atoms with van der Waals surface area (Å²) in [7, 11) is 0. The summed E-state index contributed by atoms with van der Waals surface area (Å²) >= 11 is 0. The third-order valence-corrected chi connectivity index (χ3v) is 2.25. The smallest absolute Gasteiger partial charge is 0.221 e. The van der Waals surface area contributed by atoms with E-state index in [2.05, 4.69) is 17.2 Å². The van der Waals surface area contributed by atoms with Gasteiger partial charge in [0.25, 0.3) is 0 Å². The highest BCUT2D eigenvalue weighted by Crippen LogP contribution is 2.21. The van der Waals surface area contributed by atoms with Gasteiger partial charge in [-0.1, -0.05) is 6.92 Å². The first kappa shape index (κ1) is 10.7. The van der Waals surface area contributed by atoms with Gasteiger partial charge in [-0.15, -0.1) is 0 Å². The van der Waals surface area contributed by atoms with Crippen LogP contribution in [-0.4, -0.2) is 10.9 Å². The highest BCUT2D eigenvalue weighted by molar-refractivity contribution is 5.90. The molecule has 1 aromatic heterocycles. The van der Waals surface area contributed by atoms with Gasteiger partial charge < -0.3 is 5.32 Å². The number of hydrogen-bond acceptors (Lipinski definition) is 2. The molecule has 0 fully saturated rings. The number of pyridine rings is 1. The highest BCUT2D eigenvalue weighted by atomic mass is 16.1. The van der Waals surface area contributed by atoms with Crippen LogP contribution in [-0.2, 0) is 11.2 Å². The number of carbonyl (C=O) groups is 1. The fourth-order valence-corrected chi connectivity index (χ4v) is 1.50. The van der Waals surface area contributed by atoms with E-state index in [0.29, 0.717) is 0 Å². The predicted molar refractivity (Wildman–Crippen MR) is 57.4 cm³/mol. The van der Waals surface area contributed by atoms with Gasteiger partial charge in [0, 0.05) is 24.5 Å². The molecule has 0 unspecified atom stereocenters. The van der Waals surface area contributed by atoms with Crippen molar-refractivity contribution in [2.24, 2.45) is 0 Å². The Morgan fingerprint density at radius 1 is 1.50 bits per heavy atom. The third kappa shape index (κ3) is 2.10. The van der Waals surface area contributed by atoms with Crippen molar-refractivity contribution in [2.75, 3.05) is 5.32 Å². The van der Waals surface area contributed by atoms with E-state index in [9.17, 15) is 4.79 Å². The van der Waals surface area contributed by atoms with Crippen molar-refractivity contribution in [2.45, 2.75) is 34.1 Å². The van der Waals surface area contributed by atoms with Gasteiger partial charge in [-0.25, -0.2) is 0 Å². The molecule has 0 aliphatic heterocycles. The minimum atomic E-state index is -0.0375. The van der Waals surface area contributed by atoms with E-state index in [1.54, 1.807) is 6.20 Å². The summed E-state index contributed by atoms with van der Waals surface area (Å²) in [5.74, 6) is -0.0375. The highest BCUT2D eigenvalue weighted by Gasteiger charge is 2.08. The molecule has 1 heterocycles. The van der Waals surface area contributed by atoms with Gasteiger partial charge in [-0.05, 0) is 31.4 Å². The molecule has 1 aromatic rings. The van der Waals surface area contributed by atoms with Gasteiger partial charge in [0.1, 0.15) is 0 Å². The molecule has 3 heteroatoms. The maximum absolute atomic E-state index is 11.0. The van der Waals surface area contributed by atoms with Crippen molar-refractivity contribution in [3.8, 4) is 0 Å². The molecule has 0 aromatic carbocycles. The minimum Gasteiger partial charge on any atom is -0.326 e. The Morgan fingerprint density at radius 3 is 2.64 bits per heavy atom. The Morgan fingerprint density at radius 2 is 2.14 bits per heavy atom. The Balaban J connectivity index is 3.18. The zero-order valence-electron chi connectivity index (χ0n) is 9.14. The largest absolute Gasteiger partial charge is 0.326 e. The van der Waals surface area contributed by atoms with E-state index >= 15 is 0 Å². The van der Waals surface area contributed by atoms with Gasteiger partial charge in [0.05, 0.1) is 0 Å². The maximum atomic E-state index is 11.0. The first-order chi connectivity index (χ1) is 6.56. The van der Waals surface area contributed by atoms with E-state index in [0.717, 1.165) is 28.9 Å². The van der Waals surface area contributed by atoms with Crippen molar-refractivity contribution in [3.05, 3.63) is 23.0 Å². The first-order valence-corrected chi connectivity index (χ1v) is 4.79. The van der Waals surface area contributed by atoms with Crippen molar-refractivity contribution < 1.29 is 4.79 Å². The molecule has 1 rings (SSSR count). The quantitative estimate of drug-likeness (QED) is 0.780. The van der Waals surface area contributed by atoms with E-state index in [-0.39, 0.29) is 5.91 Å². The zero-order chi connectivity index (χ0) is 10.7. The zero-order valence-corrected chi connectivity index (χ0v) is 9.14. The lowest BCUT2D eigenvalue weighted by molar-refractivity contribution is -0.114. The first-order valence-electron chi connectivity index (χ1n) is 4.79. The van der Waals surface area contributed by atoms with E-state index in [1.165, 1.54) is 6.92 Å². The van der Waals surface area contributed by atoms with Crippen molar-refractivity contribution in [3.63, 3.8) is 0 Å². The van der Waals surface area contributed by atoms with Crippen LogP contribution in [0.5, 0.6) is 0 Å². The number of nitrogens with zero attached hydrogens (tertiary/aromatic N) is 1. The lowest BCUT2D eigenvalue weighted by Crippen LogP contribution is -2.10. The molecule has 0 radical (unpaired) electrons. The molecule has 1 N–H and O–H groups in total. The summed E-state index contributed by atoms with van der Waals surface area (Å²) in [5.41, 5.74) is 4.03. The molecule has 3 nitrogen and oxygen atoms in total. The summed E-state index contributed by atoms with van der Waals surface area (Å²) in [4.78, 5) is 15.3. The second kappa shape index (κ2) is 4.22. The maximum Gasteiger partial charge on any atom is 0.221 e. The fourth-order valence-electron chi connectivity index (χ4n) is 1.50.